The number of carbonyl (C=O) groups excluding carboxylic acids is 1. The summed E-state index contributed by atoms with van der Waals surface area (Å²) in [5.74, 6) is -1.66. The number of allylic oxidation sites excluding steroid dienone is 1. The molecule has 2 aromatic carbocycles. The fourth-order valence-electron chi connectivity index (χ4n) is 3.30. The van der Waals surface area contributed by atoms with Gasteiger partial charge in [-0.2, -0.15) is 18.4 Å². The lowest BCUT2D eigenvalue weighted by atomic mass is 9.82. The Morgan fingerprint density at radius 2 is 1.84 bits per heavy atom. The number of carbonyl (C=O) groups is 1. The van der Waals surface area contributed by atoms with Crippen molar-refractivity contribution in [1.82, 2.24) is 0 Å². The average Bonchev–Trinajstić information content (AvgIpc) is 2.77. The predicted molar refractivity (Wildman–Crippen MR) is 112 cm³/mol. The number of nitriles is 1. The van der Waals surface area contributed by atoms with E-state index in [1.165, 1.54) is 7.11 Å². The Bertz CT molecular complexity index is 1170. The maximum absolute atomic E-state index is 13.0. The first-order valence-electron chi connectivity index (χ1n) is 9.03. The molecule has 1 aliphatic rings. The molecule has 1 aliphatic heterocycles. The number of esters is 1. The first-order valence-corrected chi connectivity index (χ1v) is 9.82. The van der Waals surface area contributed by atoms with Gasteiger partial charge in [-0.1, -0.05) is 18.2 Å². The van der Waals surface area contributed by atoms with Gasteiger partial charge in [0.05, 0.1) is 35.7 Å². The van der Waals surface area contributed by atoms with Crippen molar-refractivity contribution in [1.29, 1.82) is 5.26 Å². The Labute approximate surface area is 189 Å². The third-order valence-corrected chi connectivity index (χ3v) is 5.43. The lowest BCUT2D eigenvalue weighted by Crippen LogP contribution is -2.25. The Balaban J connectivity index is 2.25. The minimum atomic E-state index is -4.53. The maximum Gasteiger partial charge on any atom is 0.416 e. The van der Waals surface area contributed by atoms with Gasteiger partial charge in [-0.15, -0.1) is 0 Å². The molecule has 1 heterocycles. The number of alkyl halides is 3. The second-order valence-corrected chi connectivity index (χ2v) is 7.48. The second kappa shape index (κ2) is 8.96. The molecular formula is C22H16BrF3N2O4. The predicted octanol–water partition coefficient (Wildman–Crippen LogP) is 4.87. The van der Waals surface area contributed by atoms with E-state index in [0.29, 0.717) is 15.8 Å². The summed E-state index contributed by atoms with van der Waals surface area (Å²) in [5, 5.41) is 9.71. The first kappa shape index (κ1) is 23.2. The third-order valence-electron chi connectivity index (χ3n) is 4.81. The molecule has 2 N–H and O–H groups in total. The van der Waals surface area contributed by atoms with E-state index in [-0.39, 0.29) is 28.4 Å². The SMILES string of the molecule is COC(=O)C1=C(c2ccc(C(F)(F)F)cc2)OC(N)=C(C#N)C1c1ccc(OC)c(Br)c1. The molecule has 0 aromatic heterocycles. The number of benzene rings is 2. The molecule has 166 valence electrons. The van der Waals surface area contributed by atoms with Crippen LogP contribution in [-0.2, 0) is 20.4 Å². The van der Waals surface area contributed by atoms with Crippen LogP contribution < -0.4 is 10.5 Å². The highest BCUT2D eigenvalue weighted by Crippen LogP contribution is 2.44. The lowest BCUT2D eigenvalue weighted by molar-refractivity contribution is -0.138. The summed E-state index contributed by atoms with van der Waals surface area (Å²) in [6, 6.07) is 10.9. The molecule has 0 saturated heterocycles. The van der Waals surface area contributed by atoms with Crippen LogP contribution in [0.1, 0.15) is 22.6 Å². The average molecular weight is 509 g/mol. The van der Waals surface area contributed by atoms with Crippen molar-refractivity contribution in [3.8, 4) is 11.8 Å². The van der Waals surface area contributed by atoms with Crippen LogP contribution in [0.5, 0.6) is 5.75 Å². The summed E-state index contributed by atoms with van der Waals surface area (Å²) >= 11 is 3.37. The minimum absolute atomic E-state index is 0.0434. The van der Waals surface area contributed by atoms with Crippen molar-refractivity contribution in [2.45, 2.75) is 12.1 Å². The molecule has 1 unspecified atom stereocenters. The molecule has 10 heteroatoms. The maximum atomic E-state index is 13.0. The van der Waals surface area contributed by atoms with E-state index in [0.717, 1.165) is 31.4 Å². The highest BCUT2D eigenvalue weighted by molar-refractivity contribution is 9.10. The zero-order chi connectivity index (χ0) is 23.6. The molecule has 0 fully saturated rings. The van der Waals surface area contributed by atoms with Crippen molar-refractivity contribution >= 4 is 27.7 Å². The van der Waals surface area contributed by atoms with E-state index >= 15 is 0 Å². The number of hydrogen-bond donors (Lipinski definition) is 1. The second-order valence-electron chi connectivity index (χ2n) is 6.63. The van der Waals surface area contributed by atoms with Gasteiger partial charge in [0.1, 0.15) is 23.2 Å². The van der Waals surface area contributed by atoms with Gasteiger partial charge < -0.3 is 19.9 Å². The van der Waals surface area contributed by atoms with Crippen LogP contribution in [0, 0.1) is 11.3 Å². The van der Waals surface area contributed by atoms with Gasteiger partial charge in [0.25, 0.3) is 0 Å². The van der Waals surface area contributed by atoms with Gasteiger partial charge in [0.2, 0.25) is 5.88 Å². The van der Waals surface area contributed by atoms with Gasteiger partial charge in [-0.05, 0) is 45.8 Å². The van der Waals surface area contributed by atoms with Crippen LogP contribution in [-0.4, -0.2) is 20.2 Å². The lowest BCUT2D eigenvalue weighted by Gasteiger charge is -2.28. The molecule has 0 amide bonds. The Morgan fingerprint density at radius 1 is 1.19 bits per heavy atom. The van der Waals surface area contributed by atoms with E-state index in [1.54, 1.807) is 18.2 Å². The fourth-order valence-corrected chi connectivity index (χ4v) is 3.86. The monoisotopic (exact) mass is 508 g/mol. The summed E-state index contributed by atoms with van der Waals surface area (Å²) < 4.78 is 55.1. The molecule has 0 spiro atoms. The van der Waals surface area contributed by atoms with E-state index in [4.69, 9.17) is 19.9 Å². The van der Waals surface area contributed by atoms with Gasteiger partial charge in [-0.3, -0.25) is 0 Å². The van der Waals surface area contributed by atoms with Crippen LogP contribution in [0.25, 0.3) is 5.76 Å². The fraction of sp³-hybridized carbons (Fsp3) is 0.182. The highest BCUT2D eigenvalue weighted by atomic mass is 79.9. The zero-order valence-electron chi connectivity index (χ0n) is 16.8. The van der Waals surface area contributed by atoms with Crippen molar-refractivity contribution in [3.63, 3.8) is 0 Å². The molecular weight excluding hydrogens is 493 g/mol. The van der Waals surface area contributed by atoms with Crippen LogP contribution in [0.4, 0.5) is 13.2 Å². The number of nitrogens with two attached hydrogens (primary N) is 1. The van der Waals surface area contributed by atoms with Gasteiger partial charge in [0, 0.05) is 5.56 Å². The Morgan fingerprint density at radius 3 is 2.34 bits per heavy atom. The standard InChI is InChI=1S/C22H16BrF3N2O4/c1-30-16-8-5-12(9-15(16)23)17-14(10-27)20(28)32-19(18(17)21(29)31-2)11-3-6-13(7-4-11)22(24,25)26/h3-9,17H,28H2,1-2H3. The van der Waals surface area contributed by atoms with Crippen molar-refractivity contribution in [3.05, 3.63) is 80.7 Å². The van der Waals surface area contributed by atoms with Gasteiger partial charge >= 0.3 is 12.1 Å². The van der Waals surface area contributed by atoms with Crippen LogP contribution in [0.15, 0.2) is 64.0 Å². The normalized spacial score (nSPS) is 16.3. The topological polar surface area (TPSA) is 94.6 Å². The number of halogens is 4. The molecule has 0 radical (unpaired) electrons. The number of rotatable bonds is 4. The summed E-state index contributed by atoms with van der Waals surface area (Å²) in [7, 11) is 2.63. The van der Waals surface area contributed by atoms with E-state index in [2.05, 4.69) is 15.9 Å². The van der Waals surface area contributed by atoms with Gasteiger partial charge in [0.15, 0.2) is 0 Å². The quantitative estimate of drug-likeness (QED) is 0.592. The first-order chi connectivity index (χ1) is 15.1. The third kappa shape index (κ3) is 4.29. The number of ether oxygens (including phenoxy) is 3. The molecule has 2 aromatic rings. The molecule has 1 atom stereocenters. The minimum Gasteiger partial charge on any atom is -0.496 e. The smallest absolute Gasteiger partial charge is 0.416 e. The summed E-state index contributed by atoms with van der Waals surface area (Å²) in [5.41, 5.74) is 5.64. The van der Waals surface area contributed by atoms with Crippen molar-refractivity contribution < 1.29 is 32.2 Å². The largest absolute Gasteiger partial charge is 0.496 e. The molecule has 3 rings (SSSR count). The van der Waals surface area contributed by atoms with Crippen molar-refractivity contribution in [2.24, 2.45) is 5.73 Å². The summed E-state index contributed by atoms with van der Waals surface area (Å²) in [4.78, 5) is 12.8. The number of hydrogen-bond acceptors (Lipinski definition) is 6. The number of methoxy groups -OCH3 is 2. The Hall–Kier alpha value is -3.45. The van der Waals surface area contributed by atoms with E-state index < -0.39 is 23.6 Å². The molecule has 0 saturated carbocycles. The van der Waals surface area contributed by atoms with Gasteiger partial charge in [-0.25, -0.2) is 4.79 Å². The summed E-state index contributed by atoms with van der Waals surface area (Å²) in [6.07, 6.45) is -4.53. The van der Waals surface area contributed by atoms with Crippen LogP contribution >= 0.6 is 15.9 Å². The highest BCUT2D eigenvalue weighted by Gasteiger charge is 2.38. The molecule has 32 heavy (non-hydrogen) atoms. The molecule has 0 bridgehead atoms. The van der Waals surface area contributed by atoms with E-state index in [1.807, 2.05) is 6.07 Å². The number of nitrogens with zero attached hydrogens (tertiary/aromatic N) is 1. The molecule has 6 nitrogen and oxygen atoms in total. The Kier molecular flexibility index (Phi) is 6.50. The van der Waals surface area contributed by atoms with Crippen molar-refractivity contribution in [2.75, 3.05) is 14.2 Å². The van der Waals surface area contributed by atoms with Crippen LogP contribution in [0.3, 0.4) is 0 Å². The van der Waals surface area contributed by atoms with E-state index in [9.17, 15) is 23.2 Å². The molecule has 0 aliphatic carbocycles. The summed E-state index contributed by atoms with van der Waals surface area (Å²) in [6.45, 7) is 0. The van der Waals surface area contributed by atoms with Crippen LogP contribution in [0.2, 0.25) is 0 Å². The zero-order valence-corrected chi connectivity index (χ0v) is 18.4.